The SMILES string of the molecule is CCN(CC)C[C@H](O)[C@H]1CO[C@H]1c1ccccc1. The molecule has 0 radical (unpaired) electrons. The molecule has 1 aromatic rings. The number of hydrogen-bond donors (Lipinski definition) is 1. The molecule has 100 valence electrons. The Hall–Kier alpha value is -0.900. The highest BCUT2D eigenvalue weighted by molar-refractivity contribution is 5.20. The molecule has 1 fully saturated rings. The maximum Gasteiger partial charge on any atom is 0.0900 e. The van der Waals surface area contributed by atoms with Crippen LogP contribution < -0.4 is 0 Å². The zero-order chi connectivity index (χ0) is 13.0. The molecule has 0 aliphatic carbocycles. The number of aliphatic hydroxyl groups is 1. The van der Waals surface area contributed by atoms with Gasteiger partial charge in [0.1, 0.15) is 0 Å². The number of hydrogen-bond acceptors (Lipinski definition) is 3. The van der Waals surface area contributed by atoms with Gasteiger partial charge in [0.2, 0.25) is 0 Å². The Bertz CT molecular complexity index is 351. The Morgan fingerprint density at radius 3 is 2.44 bits per heavy atom. The summed E-state index contributed by atoms with van der Waals surface area (Å²) in [4.78, 5) is 2.26. The highest BCUT2D eigenvalue weighted by Crippen LogP contribution is 2.37. The third-order valence-corrected chi connectivity index (χ3v) is 3.82. The van der Waals surface area contributed by atoms with Gasteiger partial charge in [0.05, 0.1) is 18.8 Å². The van der Waals surface area contributed by atoms with E-state index in [2.05, 4.69) is 30.9 Å². The van der Waals surface area contributed by atoms with E-state index in [0.717, 1.165) is 19.6 Å². The molecule has 18 heavy (non-hydrogen) atoms. The van der Waals surface area contributed by atoms with E-state index in [0.29, 0.717) is 6.61 Å². The van der Waals surface area contributed by atoms with Crippen LogP contribution in [0.4, 0.5) is 0 Å². The van der Waals surface area contributed by atoms with Crippen molar-refractivity contribution in [2.45, 2.75) is 26.1 Å². The number of likely N-dealkylation sites (N-methyl/N-ethyl adjacent to an activating group) is 1. The molecule has 0 bridgehead atoms. The van der Waals surface area contributed by atoms with Crippen LogP contribution in [0.3, 0.4) is 0 Å². The minimum absolute atomic E-state index is 0.0664. The van der Waals surface area contributed by atoms with Gasteiger partial charge in [-0.15, -0.1) is 0 Å². The Kier molecular flexibility index (Phi) is 4.75. The first-order chi connectivity index (χ1) is 8.76. The summed E-state index contributed by atoms with van der Waals surface area (Å²) in [5.74, 6) is 0.230. The lowest BCUT2D eigenvalue weighted by molar-refractivity contribution is -0.164. The van der Waals surface area contributed by atoms with Gasteiger partial charge in [-0.1, -0.05) is 44.2 Å². The molecule has 3 nitrogen and oxygen atoms in total. The maximum absolute atomic E-state index is 10.3. The smallest absolute Gasteiger partial charge is 0.0900 e. The molecular weight excluding hydrogens is 226 g/mol. The van der Waals surface area contributed by atoms with Gasteiger partial charge in [-0.2, -0.15) is 0 Å². The molecular formula is C15H23NO2. The van der Waals surface area contributed by atoms with Gasteiger partial charge in [-0.25, -0.2) is 0 Å². The van der Waals surface area contributed by atoms with Gasteiger partial charge in [0, 0.05) is 12.5 Å². The summed E-state index contributed by atoms with van der Waals surface area (Å²) in [5, 5.41) is 10.3. The molecule has 1 heterocycles. The zero-order valence-electron chi connectivity index (χ0n) is 11.2. The quantitative estimate of drug-likeness (QED) is 0.838. The number of benzene rings is 1. The Morgan fingerprint density at radius 1 is 1.28 bits per heavy atom. The summed E-state index contributed by atoms with van der Waals surface area (Å²) < 4.78 is 5.62. The van der Waals surface area contributed by atoms with Crippen LogP contribution in [0.1, 0.15) is 25.5 Å². The summed E-state index contributed by atoms with van der Waals surface area (Å²) >= 11 is 0. The molecule has 1 N–H and O–H groups in total. The second-order valence-electron chi connectivity index (χ2n) is 4.88. The topological polar surface area (TPSA) is 32.7 Å². The number of aliphatic hydroxyl groups excluding tert-OH is 1. The Morgan fingerprint density at radius 2 is 1.94 bits per heavy atom. The first-order valence-corrected chi connectivity index (χ1v) is 6.83. The molecule has 0 unspecified atom stereocenters. The van der Waals surface area contributed by atoms with Crippen molar-refractivity contribution in [2.75, 3.05) is 26.2 Å². The molecule has 3 atom stereocenters. The lowest BCUT2D eigenvalue weighted by atomic mass is 9.87. The van der Waals surface area contributed by atoms with Crippen LogP contribution >= 0.6 is 0 Å². The Balaban J connectivity index is 1.93. The lowest BCUT2D eigenvalue weighted by Crippen LogP contribution is -2.46. The number of nitrogens with zero attached hydrogens (tertiary/aromatic N) is 1. The first-order valence-electron chi connectivity index (χ1n) is 6.83. The average molecular weight is 249 g/mol. The van der Waals surface area contributed by atoms with Crippen molar-refractivity contribution >= 4 is 0 Å². The Labute approximate surface area is 109 Å². The van der Waals surface area contributed by atoms with Crippen LogP contribution in [0, 0.1) is 5.92 Å². The molecule has 1 aromatic carbocycles. The van der Waals surface area contributed by atoms with Gasteiger partial charge in [0.25, 0.3) is 0 Å². The molecule has 0 saturated carbocycles. The lowest BCUT2D eigenvalue weighted by Gasteiger charge is -2.41. The largest absolute Gasteiger partial charge is 0.391 e. The van der Waals surface area contributed by atoms with E-state index in [1.165, 1.54) is 5.56 Å². The van der Waals surface area contributed by atoms with Crippen LogP contribution in [0.15, 0.2) is 30.3 Å². The highest BCUT2D eigenvalue weighted by atomic mass is 16.5. The molecule has 1 aliphatic heterocycles. The summed E-state index contributed by atoms with van der Waals surface area (Å²) in [6.45, 7) is 7.63. The van der Waals surface area contributed by atoms with Gasteiger partial charge in [-0.05, 0) is 18.7 Å². The molecule has 2 rings (SSSR count). The van der Waals surface area contributed by atoms with E-state index in [9.17, 15) is 5.11 Å². The first kappa shape index (κ1) is 13.5. The summed E-state index contributed by atoms with van der Waals surface area (Å²) in [7, 11) is 0. The predicted octanol–water partition coefficient (Wildman–Crippen LogP) is 2.08. The second-order valence-corrected chi connectivity index (χ2v) is 4.88. The fraction of sp³-hybridized carbons (Fsp3) is 0.600. The van der Waals surface area contributed by atoms with E-state index < -0.39 is 0 Å². The van der Waals surface area contributed by atoms with Gasteiger partial charge in [-0.3, -0.25) is 0 Å². The van der Waals surface area contributed by atoms with Crippen molar-refractivity contribution in [1.82, 2.24) is 4.90 Å². The van der Waals surface area contributed by atoms with Crippen LogP contribution in [-0.4, -0.2) is 42.4 Å². The van der Waals surface area contributed by atoms with E-state index in [-0.39, 0.29) is 18.1 Å². The van der Waals surface area contributed by atoms with Crippen molar-refractivity contribution in [3.63, 3.8) is 0 Å². The van der Waals surface area contributed by atoms with Crippen LogP contribution in [-0.2, 0) is 4.74 Å². The average Bonchev–Trinajstić information content (AvgIpc) is 2.36. The van der Waals surface area contributed by atoms with Crippen molar-refractivity contribution in [3.8, 4) is 0 Å². The number of rotatable bonds is 6. The van der Waals surface area contributed by atoms with E-state index in [4.69, 9.17) is 4.74 Å². The molecule has 0 aromatic heterocycles. The molecule has 1 aliphatic rings. The van der Waals surface area contributed by atoms with Gasteiger partial charge in [0.15, 0.2) is 0 Å². The van der Waals surface area contributed by atoms with Crippen molar-refractivity contribution in [2.24, 2.45) is 5.92 Å². The highest BCUT2D eigenvalue weighted by Gasteiger charge is 2.38. The van der Waals surface area contributed by atoms with Gasteiger partial charge >= 0.3 is 0 Å². The van der Waals surface area contributed by atoms with E-state index >= 15 is 0 Å². The van der Waals surface area contributed by atoms with Crippen molar-refractivity contribution in [1.29, 1.82) is 0 Å². The van der Waals surface area contributed by atoms with Crippen molar-refractivity contribution < 1.29 is 9.84 Å². The molecule has 1 saturated heterocycles. The van der Waals surface area contributed by atoms with Gasteiger partial charge < -0.3 is 14.7 Å². The van der Waals surface area contributed by atoms with E-state index in [1.54, 1.807) is 0 Å². The predicted molar refractivity (Wildman–Crippen MR) is 72.4 cm³/mol. The normalized spacial score (nSPS) is 24.9. The zero-order valence-corrected chi connectivity index (χ0v) is 11.2. The van der Waals surface area contributed by atoms with Crippen LogP contribution in [0.2, 0.25) is 0 Å². The fourth-order valence-electron chi connectivity index (χ4n) is 2.48. The molecule has 0 amide bonds. The molecule has 3 heteroatoms. The van der Waals surface area contributed by atoms with Crippen LogP contribution in [0.5, 0.6) is 0 Å². The van der Waals surface area contributed by atoms with Crippen molar-refractivity contribution in [3.05, 3.63) is 35.9 Å². The molecule has 0 spiro atoms. The summed E-state index contributed by atoms with van der Waals surface area (Å²) in [6.07, 6.45) is -0.236. The summed E-state index contributed by atoms with van der Waals surface area (Å²) in [5.41, 5.74) is 1.17. The third-order valence-electron chi connectivity index (χ3n) is 3.82. The van der Waals surface area contributed by atoms with E-state index in [1.807, 2.05) is 18.2 Å². The standard InChI is InChI=1S/C15H23NO2/c1-3-16(4-2)10-14(17)13-11-18-15(13)12-8-6-5-7-9-12/h5-9,13-15,17H,3-4,10-11H2,1-2H3/t13-,14+,15+/m1/s1. The maximum atomic E-state index is 10.3. The van der Waals surface area contributed by atoms with Crippen LogP contribution in [0.25, 0.3) is 0 Å². The summed E-state index contributed by atoms with van der Waals surface area (Å²) in [6, 6.07) is 10.2. The third kappa shape index (κ3) is 2.91. The monoisotopic (exact) mass is 249 g/mol. The fourth-order valence-corrected chi connectivity index (χ4v) is 2.48. The number of ether oxygens (including phenoxy) is 1. The second kappa shape index (κ2) is 6.32. The minimum Gasteiger partial charge on any atom is -0.391 e. The minimum atomic E-state index is -0.302.